The van der Waals surface area contributed by atoms with Crippen molar-refractivity contribution in [3.05, 3.63) is 23.8 Å². The van der Waals surface area contributed by atoms with Crippen LogP contribution in [0.25, 0.3) is 0 Å². The Hall–Kier alpha value is -0.830. The van der Waals surface area contributed by atoms with Crippen LogP contribution in [-0.2, 0) is 6.42 Å². The minimum atomic E-state index is 0.707. The molecule has 2 aliphatic heterocycles. The highest BCUT2D eigenvalue weighted by molar-refractivity contribution is 8.00. The Kier molecular flexibility index (Phi) is 3.46. The lowest BCUT2D eigenvalue weighted by Gasteiger charge is -2.19. The van der Waals surface area contributed by atoms with Gasteiger partial charge in [0, 0.05) is 23.5 Å². The predicted molar refractivity (Wildman–Crippen MR) is 74.2 cm³/mol. The second-order valence-electron chi connectivity index (χ2n) is 4.80. The number of nitrogens with one attached hydrogen (secondary N) is 1. The van der Waals surface area contributed by atoms with Gasteiger partial charge < -0.3 is 10.1 Å². The molecule has 1 aromatic rings. The molecule has 2 aliphatic rings. The van der Waals surface area contributed by atoms with Crippen LogP contribution in [0.5, 0.6) is 5.75 Å². The van der Waals surface area contributed by atoms with Crippen LogP contribution in [0.4, 0.5) is 5.69 Å². The van der Waals surface area contributed by atoms with Gasteiger partial charge in [0.15, 0.2) is 0 Å². The molecule has 1 aromatic carbocycles. The molecule has 0 radical (unpaired) electrons. The van der Waals surface area contributed by atoms with E-state index >= 15 is 0 Å². The lowest BCUT2D eigenvalue weighted by Crippen LogP contribution is -2.13. The Labute approximate surface area is 107 Å². The van der Waals surface area contributed by atoms with Gasteiger partial charge >= 0.3 is 0 Å². The van der Waals surface area contributed by atoms with E-state index in [1.807, 2.05) is 11.8 Å². The third kappa shape index (κ3) is 2.71. The van der Waals surface area contributed by atoms with E-state index in [-0.39, 0.29) is 0 Å². The van der Waals surface area contributed by atoms with Gasteiger partial charge in [-0.25, -0.2) is 0 Å². The predicted octanol–water partition coefficient (Wildman–Crippen LogP) is 3.32. The standard InChI is InChI=1S/C14H19NOS/c1-3-11-5-6-12(9-14(11)15-7-1)16-10-13-4-2-8-17-13/h5-6,9,13,15H,1-4,7-8,10H2. The first-order valence-corrected chi connectivity index (χ1v) is 7.58. The van der Waals surface area contributed by atoms with E-state index in [0.717, 1.165) is 18.9 Å². The summed E-state index contributed by atoms with van der Waals surface area (Å²) in [6.45, 7) is 1.96. The highest BCUT2D eigenvalue weighted by Crippen LogP contribution is 2.29. The van der Waals surface area contributed by atoms with Gasteiger partial charge in [-0.2, -0.15) is 11.8 Å². The van der Waals surface area contributed by atoms with Crippen molar-refractivity contribution in [3.8, 4) is 5.75 Å². The SMILES string of the molecule is c1cc2c(cc1OCC1CCCS1)NCCC2. The molecule has 2 heterocycles. The highest BCUT2D eigenvalue weighted by atomic mass is 32.2. The molecule has 2 nitrogen and oxygen atoms in total. The van der Waals surface area contributed by atoms with Crippen molar-refractivity contribution in [2.24, 2.45) is 0 Å². The van der Waals surface area contributed by atoms with Gasteiger partial charge in [0.1, 0.15) is 12.4 Å². The van der Waals surface area contributed by atoms with E-state index in [4.69, 9.17) is 4.74 Å². The van der Waals surface area contributed by atoms with Crippen molar-refractivity contribution < 1.29 is 4.74 Å². The van der Waals surface area contributed by atoms with Crippen molar-refractivity contribution >= 4 is 17.4 Å². The maximum Gasteiger partial charge on any atom is 0.121 e. The molecule has 0 bridgehead atoms. The summed E-state index contributed by atoms with van der Waals surface area (Å²) in [6, 6.07) is 6.48. The number of ether oxygens (including phenoxy) is 1. The van der Waals surface area contributed by atoms with Crippen molar-refractivity contribution in [2.45, 2.75) is 30.9 Å². The molecule has 0 aliphatic carbocycles. The summed E-state index contributed by atoms with van der Waals surface area (Å²) in [5.41, 5.74) is 2.70. The number of thioether (sulfide) groups is 1. The Bertz CT molecular complexity index is 388. The van der Waals surface area contributed by atoms with E-state index in [0.29, 0.717) is 5.25 Å². The maximum atomic E-state index is 5.90. The van der Waals surface area contributed by atoms with Crippen molar-refractivity contribution in [3.63, 3.8) is 0 Å². The molecule has 3 rings (SSSR count). The lowest BCUT2D eigenvalue weighted by molar-refractivity contribution is 0.315. The Morgan fingerprint density at radius 3 is 3.24 bits per heavy atom. The zero-order valence-electron chi connectivity index (χ0n) is 10.1. The molecule has 3 heteroatoms. The summed E-state index contributed by atoms with van der Waals surface area (Å²) in [4.78, 5) is 0. The van der Waals surface area contributed by atoms with Crippen LogP contribution in [0.15, 0.2) is 18.2 Å². The topological polar surface area (TPSA) is 21.3 Å². The Balaban J connectivity index is 1.62. The van der Waals surface area contributed by atoms with Crippen molar-refractivity contribution in [2.75, 3.05) is 24.2 Å². The molecule has 0 amide bonds. The number of hydrogen-bond donors (Lipinski definition) is 1. The molecule has 92 valence electrons. The lowest BCUT2D eigenvalue weighted by atomic mass is 10.0. The van der Waals surface area contributed by atoms with Crippen LogP contribution < -0.4 is 10.1 Å². The molecular weight excluding hydrogens is 230 g/mol. The quantitative estimate of drug-likeness (QED) is 0.888. The van der Waals surface area contributed by atoms with Crippen LogP contribution in [0.1, 0.15) is 24.8 Å². The zero-order chi connectivity index (χ0) is 11.5. The van der Waals surface area contributed by atoms with Gasteiger partial charge in [0.2, 0.25) is 0 Å². The second kappa shape index (κ2) is 5.21. The smallest absolute Gasteiger partial charge is 0.121 e. The number of rotatable bonds is 3. The highest BCUT2D eigenvalue weighted by Gasteiger charge is 2.16. The summed E-state index contributed by atoms with van der Waals surface area (Å²) in [5.74, 6) is 2.32. The van der Waals surface area contributed by atoms with E-state index in [9.17, 15) is 0 Å². The Morgan fingerprint density at radius 2 is 2.35 bits per heavy atom. The van der Waals surface area contributed by atoms with E-state index < -0.39 is 0 Å². The van der Waals surface area contributed by atoms with Gasteiger partial charge in [-0.1, -0.05) is 6.07 Å². The zero-order valence-corrected chi connectivity index (χ0v) is 10.9. The first kappa shape index (κ1) is 11.3. The summed E-state index contributed by atoms with van der Waals surface area (Å²) < 4.78 is 5.90. The normalized spacial score (nSPS) is 22.9. The number of anilines is 1. The molecule has 1 fully saturated rings. The number of fused-ring (bicyclic) bond motifs is 1. The molecule has 0 saturated carbocycles. The molecule has 1 saturated heterocycles. The number of hydrogen-bond acceptors (Lipinski definition) is 3. The van der Waals surface area contributed by atoms with Crippen molar-refractivity contribution in [1.82, 2.24) is 0 Å². The first-order chi connectivity index (χ1) is 8.42. The maximum absolute atomic E-state index is 5.90. The van der Waals surface area contributed by atoms with Gasteiger partial charge in [-0.3, -0.25) is 0 Å². The van der Waals surface area contributed by atoms with Crippen LogP contribution in [0.2, 0.25) is 0 Å². The average Bonchev–Trinajstić information content (AvgIpc) is 2.89. The number of aryl methyl sites for hydroxylation is 1. The fourth-order valence-electron chi connectivity index (χ4n) is 2.49. The summed E-state index contributed by atoms with van der Waals surface area (Å²) in [7, 11) is 0. The third-order valence-electron chi connectivity index (χ3n) is 3.48. The summed E-state index contributed by atoms with van der Waals surface area (Å²) in [5, 5.41) is 4.15. The molecule has 17 heavy (non-hydrogen) atoms. The van der Waals surface area contributed by atoms with Gasteiger partial charge in [-0.05, 0) is 43.1 Å². The minimum absolute atomic E-state index is 0.707. The second-order valence-corrected chi connectivity index (χ2v) is 6.20. The molecule has 1 atom stereocenters. The van der Waals surface area contributed by atoms with E-state index in [1.165, 1.54) is 42.7 Å². The fourth-order valence-corrected chi connectivity index (χ4v) is 3.66. The molecular formula is C14H19NOS. The molecule has 1 unspecified atom stereocenters. The van der Waals surface area contributed by atoms with Gasteiger partial charge in [0.05, 0.1) is 0 Å². The van der Waals surface area contributed by atoms with Gasteiger partial charge in [-0.15, -0.1) is 0 Å². The van der Waals surface area contributed by atoms with Gasteiger partial charge in [0.25, 0.3) is 0 Å². The Morgan fingerprint density at radius 1 is 1.35 bits per heavy atom. The molecule has 0 spiro atoms. The van der Waals surface area contributed by atoms with Crippen LogP contribution in [0.3, 0.4) is 0 Å². The first-order valence-electron chi connectivity index (χ1n) is 6.53. The van der Waals surface area contributed by atoms with Crippen LogP contribution >= 0.6 is 11.8 Å². The summed E-state index contributed by atoms with van der Waals surface area (Å²) >= 11 is 2.05. The third-order valence-corrected chi connectivity index (χ3v) is 4.85. The van der Waals surface area contributed by atoms with Crippen LogP contribution in [-0.4, -0.2) is 24.2 Å². The molecule has 0 aromatic heterocycles. The largest absolute Gasteiger partial charge is 0.492 e. The van der Waals surface area contributed by atoms with Crippen LogP contribution in [0, 0.1) is 0 Å². The van der Waals surface area contributed by atoms with Crippen molar-refractivity contribution in [1.29, 1.82) is 0 Å². The number of benzene rings is 1. The molecule has 1 N–H and O–H groups in total. The average molecular weight is 249 g/mol. The van der Waals surface area contributed by atoms with E-state index in [1.54, 1.807) is 0 Å². The summed E-state index contributed by atoms with van der Waals surface area (Å²) in [6.07, 6.45) is 5.10. The monoisotopic (exact) mass is 249 g/mol. The fraction of sp³-hybridized carbons (Fsp3) is 0.571. The van der Waals surface area contributed by atoms with E-state index in [2.05, 4.69) is 23.5 Å². The minimum Gasteiger partial charge on any atom is -0.492 e.